The first kappa shape index (κ1) is 14.7. The summed E-state index contributed by atoms with van der Waals surface area (Å²) in [6, 6.07) is 2.09. The number of fused-ring (bicyclic) bond motifs is 1. The molecule has 110 valence electrons. The minimum absolute atomic E-state index is 0.0287. The summed E-state index contributed by atoms with van der Waals surface area (Å²) in [4.78, 5) is 21.7. The number of carboxylic acid groups (broad SMARTS) is 1. The van der Waals surface area contributed by atoms with Gasteiger partial charge in [-0.25, -0.2) is 0 Å². The minimum Gasteiger partial charge on any atom is -0.480 e. The first-order chi connectivity index (χ1) is 9.85. The van der Waals surface area contributed by atoms with E-state index in [1.807, 2.05) is 0 Å². The first-order valence-electron chi connectivity index (χ1n) is 6.22. The number of nitrogens with zero attached hydrogens (tertiary/aromatic N) is 2. The summed E-state index contributed by atoms with van der Waals surface area (Å²) in [6.45, 7) is 3.62. The van der Waals surface area contributed by atoms with Gasteiger partial charge in [0.1, 0.15) is 6.04 Å². The fourth-order valence-electron chi connectivity index (χ4n) is 2.35. The van der Waals surface area contributed by atoms with Crippen LogP contribution in [0.5, 0.6) is 0 Å². The smallest absolute Gasteiger partial charge is 0.320 e. The van der Waals surface area contributed by atoms with Crippen molar-refractivity contribution in [1.82, 2.24) is 4.57 Å². The molecule has 1 aromatic carbocycles. The van der Waals surface area contributed by atoms with E-state index in [0.29, 0.717) is 22.0 Å². The van der Waals surface area contributed by atoms with Gasteiger partial charge in [0.25, 0.3) is 5.69 Å². The van der Waals surface area contributed by atoms with Gasteiger partial charge in [0.15, 0.2) is 0 Å². The monoisotopic (exact) mass is 289 g/mol. The SMILES string of the molecule is C=Cc1cc([N+](=O)[O-])c2c(CC(N)C(=O)O)cn(C)c2c1. The number of carboxylic acids is 1. The normalized spacial score (nSPS) is 12.3. The van der Waals surface area contributed by atoms with Crippen LogP contribution in [0.15, 0.2) is 24.9 Å². The molecule has 0 saturated carbocycles. The van der Waals surface area contributed by atoms with Gasteiger partial charge in [0.2, 0.25) is 0 Å². The molecule has 1 aromatic heterocycles. The summed E-state index contributed by atoms with van der Waals surface area (Å²) in [5.41, 5.74) is 7.28. The number of nitrogens with two attached hydrogens (primary N) is 1. The molecule has 2 aromatic rings. The molecule has 1 heterocycles. The molecular weight excluding hydrogens is 274 g/mol. The zero-order chi connectivity index (χ0) is 15.7. The van der Waals surface area contributed by atoms with Crippen molar-refractivity contribution in [2.24, 2.45) is 12.8 Å². The highest BCUT2D eigenvalue weighted by Gasteiger charge is 2.22. The molecule has 7 heteroatoms. The molecule has 0 radical (unpaired) electrons. The van der Waals surface area contributed by atoms with Crippen molar-refractivity contribution in [3.8, 4) is 0 Å². The summed E-state index contributed by atoms with van der Waals surface area (Å²) in [5, 5.41) is 20.6. The van der Waals surface area contributed by atoms with Gasteiger partial charge in [0, 0.05) is 25.7 Å². The Labute approximate surface area is 120 Å². The van der Waals surface area contributed by atoms with E-state index in [2.05, 4.69) is 6.58 Å². The van der Waals surface area contributed by atoms with Crippen LogP contribution in [0.25, 0.3) is 17.0 Å². The third-order valence-electron chi connectivity index (χ3n) is 3.36. The molecule has 0 aliphatic heterocycles. The van der Waals surface area contributed by atoms with Crippen LogP contribution in [0.3, 0.4) is 0 Å². The molecule has 0 bridgehead atoms. The second-order valence-electron chi connectivity index (χ2n) is 4.81. The second kappa shape index (κ2) is 5.37. The van der Waals surface area contributed by atoms with Crippen molar-refractivity contribution in [2.75, 3.05) is 0 Å². The number of nitro groups is 1. The van der Waals surface area contributed by atoms with Gasteiger partial charge in [-0.3, -0.25) is 14.9 Å². The Morgan fingerprint density at radius 3 is 2.81 bits per heavy atom. The number of non-ortho nitro benzene ring substituents is 1. The standard InChI is InChI=1S/C14H15N3O4/c1-3-8-4-11-13(12(5-8)17(20)21)9(7-16(11)2)6-10(15)14(18)19/h3-5,7,10H,1,6,15H2,2H3,(H,18,19). The van der Waals surface area contributed by atoms with Crippen molar-refractivity contribution < 1.29 is 14.8 Å². The number of hydrogen-bond acceptors (Lipinski definition) is 4. The number of aromatic nitrogens is 1. The van der Waals surface area contributed by atoms with E-state index in [1.54, 1.807) is 23.9 Å². The Bertz CT molecular complexity index is 748. The fourth-order valence-corrected chi connectivity index (χ4v) is 2.35. The predicted molar refractivity (Wildman–Crippen MR) is 79.0 cm³/mol. The van der Waals surface area contributed by atoms with Crippen LogP contribution in [0.4, 0.5) is 5.69 Å². The van der Waals surface area contributed by atoms with Gasteiger partial charge in [-0.2, -0.15) is 0 Å². The van der Waals surface area contributed by atoms with Crippen molar-refractivity contribution in [1.29, 1.82) is 0 Å². The van der Waals surface area contributed by atoms with Crippen LogP contribution in [0, 0.1) is 10.1 Å². The Morgan fingerprint density at radius 1 is 1.62 bits per heavy atom. The molecule has 1 unspecified atom stereocenters. The van der Waals surface area contributed by atoms with E-state index < -0.39 is 16.9 Å². The third kappa shape index (κ3) is 2.63. The number of carbonyl (C=O) groups is 1. The van der Waals surface area contributed by atoms with Crippen LogP contribution in [-0.2, 0) is 18.3 Å². The molecule has 0 aliphatic carbocycles. The zero-order valence-electron chi connectivity index (χ0n) is 11.4. The number of hydrogen-bond donors (Lipinski definition) is 2. The third-order valence-corrected chi connectivity index (χ3v) is 3.36. The molecule has 21 heavy (non-hydrogen) atoms. The van der Waals surface area contributed by atoms with E-state index in [9.17, 15) is 14.9 Å². The number of nitro benzene ring substituents is 1. The molecular formula is C14H15N3O4. The summed E-state index contributed by atoms with van der Waals surface area (Å²) in [6.07, 6.45) is 3.23. The zero-order valence-corrected chi connectivity index (χ0v) is 11.4. The van der Waals surface area contributed by atoms with Crippen LogP contribution in [-0.4, -0.2) is 26.6 Å². The summed E-state index contributed by atoms with van der Waals surface area (Å²) >= 11 is 0. The lowest BCUT2D eigenvalue weighted by Crippen LogP contribution is -2.32. The number of rotatable bonds is 5. The summed E-state index contributed by atoms with van der Waals surface area (Å²) in [7, 11) is 1.74. The highest BCUT2D eigenvalue weighted by Crippen LogP contribution is 2.32. The molecule has 0 saturated heterocycles. The Balaban J connectivity index is 2.70. The van der Waals surface area contributed by atoms with Gasteiger partial charge in [-0.05, 0) is 17.2 Å². The molecule has 0 fully saturated rings. The lowest BCUT2D eigenvalue weighted by Gasteiger charge is -2.05. The van der Waals surface area contributed by atoms with Gasteiger partial charge >= 0.3 is 5.97 Å². The highest BCUT2D eigenvalue weighted by atomic mass is 16.6. The van der Waals surface area contributed by atoms with Crippen LogP contribution in [0.2, 0.25) is 0 Å². The average Bonchev–Trinajstić information content (AvgIpc) is 2.74. The highest BCUT2D eigenvalue weighted by molar-refractivity contribution is 5.94. The molecule has 0 amide bonds. The largest absolute Gasteiger partial charge is 0.480 e. The number of aryl methyl sites for hydroxylation is 1. The van der Waals surface area contributed by atoms with Gasteiger partial charge in [-0.15, -0.1) is 0 Å². The van der Waals surface area contributed by atoms with E-state index in [4.69, 9.17) is 10.8 Å². The lowest BCUT2D eigenvalue weighted by atomic mass is 10.0. The molecule has 0 spiro atoms. The predicted octanol–water partition coefficient (Wildman–Crippen LogP) is 1.68. The molecule has 3 N–H and O–H groups in total. The van der Waals surface area contributed by atoms with Crippen LogP contribution in [0.1, 0.15) is 11.1 Å². The maximum atomic E-state index is 11.3. The van der Waals surface area contributed by atoms with E-state index in [1.165, 1.54) is 12.1 Å². The maximum absolute atomic E-state index is 11.3. The van der Waals surface area contributed by atoms with Gasteiger partial charge in [-0.1, -0.05) is 12.7 Å². The Kier molecular flexibility index (Phi) is 3.77. The minimum atomic E-state index is -1.14. The van der Waals surface area contributed by atoms with Crippen LogP contribution < -0.4 is 5.73 Å². The molecule has 2 rings (SSSR count). The van der Waals surface area contributed by atoms with Crippen molar-refractivity contribution in [2.45, 2.75) is 12.5 Å². The van der Waals surface area contributed by atoms with Crippen molar-refractivity contribution in [3.63, 3.8) is 0 Å². The second-order valence-corrected chi connectivity index (χ2v) is 4.81. The quantitative estimate of drug-likeness (QED) is 0.642. The summed E-state index contributed by atoms with van der Waals surface area (Å²) < 4.78 is 1.72. The fraction of sp³-hybridized carbons (Fsp3) is 0.214. The Morgan fingerprint density at radius 2 is 2.29 bits per heavy atom. The van der Waals surface area contributed by atoms with E-state index in [-0.39, 0.29) is 12.1 Å². The number of benzene rings is 1. The number of aliphatic carboxylic acids is 1. The van der Waals surface area contributed by atoms with Gasteiger partial charge in [0.05, 0.1) is 15.8 Å². The van der Waals surface area contributed by atoms with E-state index in [0.717, 1.165) is 0 Å². The average molecular weight is 289 g/mol. The maximum Gasteiger partial charge on any atom is 0.320 e. The molecule has 0 aliphatic rings. The van der Waals surface area contributed by atoms with Crippen LogP contribution >= 0.6 is 0 Å². The summed E-state index contributed by atoms with van der Waals surface area (Å²) in [5.74, 6) is -1.14. The topological polar surface area (TPSA) is 111 Å². The van der Waals surface area contributed by atoms with Gasteiger partial charge < -0.3 is 15.4 Å². The van der Waals surface area contributed by atoms with Crippen molar-refractivity contribution in [3.05, 3.63) is 46.1 Å². The van der Waals surface area contributed by atoms with E-state index >= 15 is 0 Å². The first-order valence-corrected chi connectivity index (χ1v) is 6.22. The Hall–Kier alpha value is -2.67. The lowest BCUT2D eigenvalue weighted by molar-refractivity contribution is -0.383. The molecule has 1 atom stereocenters. The molecule has 7 nitrogen and oxygen atoms in total. The van der Waals surface area contributed by atoms with Crippen molar-refractivity contribution >= 4 is 28.6 Å².